The van der Waals surface area contributed by atoms with Crippen LogP contribution in [0.2, 0.25) is 18.1 Å². The first-order valence-electron chi connectivity index (χ1n) is 15.0. The summed E-state index contributed by atoms with van der Waals surface area (Å²) in [5.74, 6) is 0.120. The molecule has 1 spiro atoms. The van der Waals surface area contributed by atoms with Gasteiger partial charge in [-0.1, -0.05) is 60.6 Å². The molecule has 8 heteroatoms. The van der Waals surface area contributed by atoms with E-state index in [1.165, 1.54) is 23.3 Å². The Kier molecular flexibility index (Phi) is 7.62. The SMILES string of the molecule is CC(C)c1nc2c(c3c1C(c1ccc(C(F)(F)F)cc1)OC31CCOCC1)[C@@H](O[Si](C)(C)C(C)(C)C)CC(C)(C)C2. The summed E-state index contributed by atoms with van der Waals surface area (Å²) < 4.78 is 60.5. The molecule has 1 aromatic carbocycles. The van der Waals surface area contributed by atoms with Gasteiger partial charge in [-0.05, 0) is 65.6 Å². The maximum atomic E-state index is 13.4. The fourth-order valence-corrected chi connectivity index (χ4v) is 7.88. The first-order valence-corrected chi connectivity index (χ1v) is 17.9. The van der Waals surface area contributed by atoms with Crippen molar-refractivity contribution < 1.29 is 27.1 Å². The van der Waals surface area contributed by atoms with Gasteiger partial charge >= 0.3 is 6.18 Å². The van der Waals surface area contributed by atoms with Gasteiger partial charge in [-0.15, -0.1) is 0 Å². The zero-order chi connectivity index (χ0) is 30.2. The average Bonchev–Trinajstić information content (AvgIpc) is 3.15. The molecule has 0 amide bonds. The molecule has 0 bridgehead atoms. The van der Waals surface area contributed by atoms with Crippen LogP contribution in [0.4, 0.5) is 13.2 Å². The van der Waals surface area contributed by atoms with Gasteiger partial charge in [0.25, 0.3) is 0 Å². The van der Waals surface area contributed by atoms with Gasteiger partial charge in [0.15, 0.2) is 8.32 Å². The van der Waals surface area contributed by atoms with Crippen molar-refractivity contribution in [3.63, 3.8) is 0 Å². The van der Waals surface area contributed by atoms with Crippen LogP contribution < -0.4 is 0 Å². The molecule has 0 saturated carbocycles. The summed E-state index contributed by atoms with van der Waals surface area (Å²) in [6, 6.07) is 5.48. The van der Waals surface area contributed by atoms with Gasteiger partial charge in [0.1, 0.15) is 6.10 Å². The minimum atomic E-state index is -4.39. The van der Waals surface area contributed by atoms with E-state index in [0.717, 1.165) is 35.4 Å². The smallest absolute Gasteiger partial charge is 0.410 e. The van der Waals surface area contributed by atoms with E-state index in [2.05, 4.69) is 61.6 Å². The van der Waals surface area contributed by atoms with Gasteiger partial charge in [-0.3, -0.25) is 4.98 Å². The molecule has 1 unspecified atom stereocenters. The van der Waals surface area contributed by atoms with E-state index in [4.69, 9.17) is 18.9 Å². The highest BCUT2D eigenvalue weighted by atomic mass is 28.4. The molecule has 226 valence electrons. The van der Waals surface area contributed by atoms with E-state index < -0.39 is 31.8 Å². The summed E-state index contributed by atoms with van der Waals surface area (Å²) in [4.78, 5) is 5.38. The molecule has 1 fully saturated rings. The predicted octanol–water partition coefficient (Wildman–Crippen LogP) is 9.38. The van der Waals surface area contributed by atoms with Crippen molar-refractivity contribution in [2.24, 2.45) is 5.41 Å². The normalized spacial score (nSPS) is 24.0. The third kappa shape index (κ3) is 5.54. The molecule has 3 aliphatic rings. The highest BCUT2D eigenvalue weighted by Crippen LogP contribution is 2.59. The van der Waals surface area contributed by atoms with Crippen molar-refractivity contribution in [2.75, 3.05) is 13.2 Å². The molecule has 3 heterocycles. The third-order valence-electron chi connectivity index (χ3n) is 9.78. The molecule has 1 aromatic heterocycles. The number of nitrogens with zero attached hydrogens (tertiary/aromatic N) is 1. The summed E-state index contributed by atoms with van der Waals surface area (Å²) in [7, 11) is -2.16. The van der Waals surface area contributed by atoms with E-state index in [9.17, 15) is 13.2 Å². The fourth-order valence-electron chi connectivity index (χ4n) is 6.62. The largest absolute Gasteiger partial charge is 0.416 e. The van der Waals surface area contributed by atoms with E-state index in [0.29, 0.717) is 26.1 Å². The van der Waals surface area contributed by atoms with Crippen molar-refractivity contribution in [2.45, 2.75) is 122 Å². The zero-order valence-corrected chi connectivity index (χ0v) is 27.1. The van der Waals surface area contributed by atoms with Crippen LogP contribution in [0, 0.1) is 5.41 Å². The van der Waals surface area contributed by atoms with Gasteiger partial charge < -0.3 is 13.9 Å². The van der Waals surface area contributed by atoms with Gasteiger partial charge in [0.05, 0.1) is 17.3 Å². The second-order valence-electron chi connectivity index (χ2n) is 14.9. The standard InChI is InChI=1S/C33H46F3NO3Si/c1-20(2)28-26-27(25-23(37-28)18-31(6,7)19-24(25)40-41(8,9)30(3,4)5)32(14-16-38-17-15-32)39-29(26)21-10-12-22(13-11-21)33(34,35)36/h10-13,20,24,29H,14-19H2,1-9H3/t24-,29?/m0/s1. The lowest BCUT2D eigenvalue weighted by Gasteiger charge is -2.46. The Labute approximate surface area is 244 Å². The number of alkyl halides is 3. The first-order chi connectivity index (χ1) is 18.9. The van der Waals surface area contributed by atoms with Crippen LogP contribution in [0.3, 0.4) is 0 Å². The second-order valence-corrected chi connectivity index (χ2v) is 19.7. The molecule has 4 nitrogen and oxygen atoms in total. The van der Waals surface area contributed by atoms with E-state index in [1.54, 1.807) is 12.1 Å². The Balaban J connectivity index is 1.76. The monoisotopic (exact) mass is 589 g/mol. The summed E-state index contributed by atoms with van der Waals surface area (Å²) in [5, 5.41) is 0.0405. The lowest BCUT2D eigenvalue weighted by molar-refractivity contribution is -0.137. The number of fused-ring (bicyclic) bond motifs is 4. The Morgan fingerprint density at radius 2 is 1.61 bits per heavy atom. The molecule has 2 atom stereocenters. The number of rotatable bonds is 4. The molecule has 2 aromatic rings. The van der Waals surface area contributed by atoms with Crippen molar-refractivity contribution in [3.05, 3.63) is 63.5 Å². The highest BCUT2D eigenvalue weighted by molar-refractivity contribution is 6.74. The highest BCUT2D eigenvalue weighted by Gasteiger charge is 2.53. The number of halogens is 3. The molecule has 5 rings (SSSR count). The van der Waals surface area contributed by atoms with Crippen LogP contribution in [-0.4, -0.2) is 26.5 Å². The van der Waals surface area contributed by atoms with Crippen molar-refractivity contribution in [1.82, 2.24) is 4.98 Å². The third-order valence-corrected chi connectivity index (χ3v) is 14.3. The predicted molar refractivity (Wildman–Crippen MR) is 158 cm³/mol. The lowest BCUT2D eigenvalue weighted by atomic mass is 9.70. The summed E-state index contributed by atoms with van der Waals surface area (Å²) >= 11 is 0. The minimum absolute atomic E-state index is 0.0185. The Bertz CT molecular complexity index is 1290. The van der Waals surface area contributed by atoms with Crippen LogP contribution in [0.5, 0.6) is 0 Å². The lowest BCUT2D eigenvalue weighted by Crippen LogP contribution is -2.45. The minimum Gasteiger partial charge on any atom is -0.410 e. The fraction of sp³-hybridized carbons (Fsp3) is 0.667. The quantitative estimate of drug-likeness (QED) is 0.333. The summed E-state index contributed by atoms with van der Waals surface area (Å²) in [5.41, 5.74) is 4.96. The van der Waals surface area contributed by atoms with Crippen LogP contribution in [-0.2, 0) is 32.1 Å². The van der Waals surface area contributed by atoms with E-state index in [-0.39, 0.29) is 22.5 Å². The van der Waals surface area contributed by atoms with Gasteiger partial charge in [-0.2, -0.15) is 13.2 Å². The Morgan fingerprint density at radius 3 is 2.15 bits per heavy atom. The number of pyridine rings is 1. The molecule has 0 radical (unpaired) electrons. The van der Waals surface area contributed by atoms with Crippen LogP contribution in [0.25, 0.3) is 0 Å². The first kappa shape index (κ1) is 30.7. The number of ether oxygens (including phenoxy) is 2. The summed E-state index contributed by atoms with van der Waals surface area (Å²) in [6.07, 6.45) is -1.87. The zero-order valence-electron chi connectivity index (χ0n) is 26.1. The number of benzene rings is 1. The van der Waals surface area contributed by atoms with Crippen LogP contribution in [0.1, 0.15) is 125 Å². The summed E-state index contributed by atoms with van der Waals surface area (Å²) in [6.45, 7) is 21.4. The molecule has 1 aliphatic carbocycles. The Hall–Kier alpha value is -1.74. The van der Waals surface area contributed by atoms with Crippen LogP contribution in [0.15, 0.2) is 24.3 Å². The topological polar surface area (TPSA) is 40.6 Å². The Morgan fingerprint density at radius 1 is 1.00 bits per heavy atom. The number of hydrogen-bond donors (Lipinski definition) is 0. The van der Waals surface area contributed by atoms with Crippen molar-refractivity contribution >= 4 is 8.32 Å². The average molecular weight is 590 g/mol. The molecule has 0 N–H and O–H groups in total. The number of hydrogen-bond acceptors (Lipinski definition) is 4. The maximum absolute atomic E-state index is 13.4. The maximum Gasteiger partial charge on any atom is 0.416 e. The second kappa shape index (κ2) is 10.2. The van der Waals surface area contributed by atoms with Crippen molar-refractivity contribution in [3.8, 4) is 0 Å². The van der Waals surface area contributed by atoms with E-state index >= 15 is 0 Å². The van der Waals surface area contributed by atoms with Crippen LogP contribution >= 0.6 is 0 Å². The molecular weight excluding hydrogens is 543 g/mol. The molecule has 2 aliphatic heterocycles. The molecule has 1 saturated heterocycles. The van der Waals surface area contributed by atoms with Gasteiger partial charge in [-0.25, -0.2) is 0 Å². The van der Waals surface area contributed by atoms with E-state index in [1.807, 2.05) is 0 Å². The molecular formula is C33H46F3NO3Si. The van der Waals surface area contributed by atoms with Gasteiger partial charge in [0.2, 0.25) is 0 Å². The van der Waals surface area contributed by atoms with Gasteiger partial charge in [0, 0.05) is 48.6 Å². The number of aromatic nitrogens is 1. The van der Waals surface area contributed by atoms with Crippen molar-refractivity contribution in [1.29, 1.82) is 0 Å². The molecule has 41 heavy (non-hydrogen) atoms.